The van der Waals surface area contributed by atoms with Gasteiger partial charge in [0.2, 0.25) is 0 Å². The second-order valence-corrected chi connectivity index (χ2v) is 3.78. The molecule has 1 aromatic heterocycles. The predicted molar refractivity (Wildman–Crippen MR) is 68.7 cm³/mol. The quantitative estimate of drug-likeness (QED) is 0.829. The minimum absolute atomic E-state index is 0.164. The Bertz CT molecular complexity index is 447. The fourth-order valence-corrected chi connectivity index (χ4v) is 1.32. The Morgan fingerprint density at radius 2 is 2.12 bits per heavy atom. The van der Waals surface area contributed by atoms with Crippen molar-refractivity contribution in [2.45, 2.75) is 24.3 Å². The average Bonchev–Trinajstić information content (AvgIpc) is 2.86. The molecule has 5 heteroatoms. The van der Waals surface area contributed by atoms with Crippen LogP contribution in [0.5, 0.6) is 0 Å². The lowest BCUT2D eigenvalue weighted by atomic mass is 10.3. The van der Waals surface area contributed by atoms with Crippen molar-refractivity contribution >= 4 is 12.6 Å². The van der Waals surface area contributed by atoms with Crippen LogP contribution < -0.4 is 0 Å². The third kappa shape index (κ3) is 4.70. The summed E-state index contributed by atoms with van der Waals surface area (Å²) < 4.78 is 1.56. The molecule has 0 bridgehead atoms. The zero-order valence-corrected chi connectivity index (χ0v) is 10.5. The van der Waals surface area contributed by atoms with Crippen molar-refractivity contribution in [1.82, 2.24) is 14.8 Å². The minimum Gasteiger partial charge on any atom is -0.236 e. The molecule has 0 aliphatic rings. The van der Waals surface area contributed by atoms with Crippen molar-refractivity contribution in [3.63, 3.8) is 0 Å². The maximum atomic E-state index is 8.56. The monoisotopic (exact) mass is 246 g/mol. The third-order valence-electron chi connectivity index (χ3n) is 2.05. The fourth-order valence-electron chi connectivity index (χ4n) is 1.14. The van der Waals surface area contributed by atoms with Gasteiger partial charge in [0.15, 0.2) is 0 Å². The maximum Gasteiger partial charge on any atom is 0.140 e. The summed E-state index contributed by atoms with van der Waals surface area (Å²) in [4.78, 5) is 4.76. The number of hydrogen-bond donors (Lipinski definition) is 1. The van der Waals surface area contributed by atoms with Crippen LogP contribution in [0.1, 0.15) is 19.4 Å². The molecule has 4 nitrogen and oxygen atoms in total. The van der Waals surface area contributed by atoms with Gasteiger partial charge >= 0.3 is 0 Å². The zero-order valence-electron chi connectivity index (χ0n) is 9.56. The molecule has 0 saturated heterocycles. The first-order valence-corrected chi connectivity index (χ1v) is 5.70. The Kier molecular flexibility index (Phi) is 5.83. The molecule has 0 N–H and O–H groups in total. The van der Waals surface area contributed by atoms with E-state index in [2.05, 4.69) is 28.8 Å². The fraction of sp³-hybridized carbons (Fsp3) is 0.250. The van der Waals surface area contributed by atoms with Crippen LogP contribution in [0.2, 0.25) is 0 Å². The predicted octanol–water partition coefficient (Wildman–Crippen LogP) is 2.73. The highest BCUT2D eigenvalue weighted by Crippen LogP contribution is 2.05. The number of aromatic nitrogens is 3. The second-order valence-electron chi connectivity index (χ2n) is 3.26. The van der Waals surface area contributed by atoms with Crippen LogP contribution in [0.3, 0.4) is 0 Å². The third-order valence-corrected chi connectivity index (χ3v) is 2.35. The van der Waals surface area contributed by atoms with E-state index >= 15 is 0 Å². The van der Waals surface area contributed by atoms with Crippen molar-refractivity contribution in [2.24, 2.45) is 0 Å². The first kappa shape index (κ1) is 13.3. The molecule has 17 heavy (non-hydrogen) atoms. The summed E-state index contributed by atoms with van der Waals surface area (Å²) in [5.41, 5.74) is 0. The van der Waals surface area contributed by atoms with E-state index in [4.69, 9.17) is 5.26 Å². The first-order valence-electron chi connectivity index (χ1n) is 5.25. The highest BCUT2D eigenvalue weighted by molar-refractivity contribution is 7.80. The summed E-state index contributed by atoms with van der Waals surface area (Å²) in [6.45, 7) is 1.94. The van der Waals surface area contributed by atoms with Crippen LogP contribution in [-0.2, 0) is 0 Å². The summed E-state index contributed by atoms with van der Waals surface area (Å²) in [5.74, 6) is 0. The molecule has 2 rings (SSSR count). The maximum absolute atomic E-state index is 8.56. The molecule has 0 aliphatic heterocycles. The van der Waals surface area contributed by atoms with Crippen LogP contribution >= 0.6 is 12.6 Å². The number of nitrogens with zero attached hydrogens (tertiary/aromatic N) is 4. The van der Waals surface area contributed by atoms with E-state index in [1.165, 1.54) is 6.33 Å². The molecular formula is C12H14N4S. The number of benzene rings is 1. The van der Waals surface area contributed by atoms with E-state index in [1.807, 2.05) is 37.3 Å². The zero-order chi connectivity index (χ0) is 12.5. The van der Waals surface area contributed by atoms with E-state index in [0.29, 0.717) is 0 Å². The van der Waals surface area contributed by atoms with Gasteiger partial charge in [-0.1, -0.05) is 25.1 Å². The molecule has 1 unspecified atom stereocenters. The summed E-state index contributed by atoms with van der Waals surface area (Å²) in [6, 6.07) is 11.7. The van der Waals surface area contributed by atoms with Gasteiger partial charge in [-0.3, -0.25) is 0 Å². The van der Waals surface area contributed by atoms with Crippen LogP contribution in [-0.4, -0.2) is 14.8 Å². The smallest absolute Gasteiger partial charge is 0.140 e. The number of rotatable bonds is 2. The number of hydrogen-bond acceptors (Lipinski definition) is 4. The minimum atomic E-state index is -0.164. The van der Waals surface area contributed by atoms with Crippen molar-refractivity contribution in [3.8, 4) is 6.07 Å². The van der Waals surface area contributed by atoms with E-state index in [0.717, 1.165) is 11.3 Å². The highest BCUT2D eigenvalue weighted by atomic mass is 32.1. The van der Waals surface area contributed by atoms with Crippen LogP contribution in [0.25, 0.3) is 0 Å². The molecule has 0 radical (unpaired) electrons. The van der Waals surface area contributed by atoms with Gasteiger partial charge in [-0.15, -0.1) is 12.6 Å². The lowest BCUT2D eigenvalue weighted by Crippen LogP contribution is -2.05. The van der Waals surface area contributed by atoms with Crippen LogP contribution in [0, 0.1) is 11.3 Å². The largest absolute Gasteiger partial charge is 0.236 e. The Morgan fingerprint density at radius 1 is 1.41 bits per heavy atom. The summed E-state index contributed by atoms with van der Waals surface area (Å²) in [7, 11) is 0. The molecule has 1 aromatic carbocycles. The molecule has 2 aromatic rings. The lowest BCUT2D eigenvalue weighted by Gasteiger charge is -2.02. The SMILES string of the molecule is CCC(C#N)n1cncn1.Sc1ccccc1. The average molecular weight is 246 g/mol. The van der Waals surface area contributed by atoms with Crippen molar-refractivity contribution in [3.05, 3.63) is 43.0 Å². The lowest BCUT2D eigenvalue weighted by molar-refractivity contribution is 0.533. The summed E-state index contributed by atoms with van der Waals surface area (Å²) in [5, 5.41) is 12.4. The van der Waals surface area contributed by atoms with Gasteiger partial charge < -0.3 is 0 Å². The number of thiol groups is 1. The first-order chi connectivity index (χ1) is 8.27. The van der Waals surface area contributed by atoms with Gasteiger partial charge in [0.25, 0.3) is 0 Å². The van der Waals surface area contributed by atoms with Crippen molar-refractivity contribution in [2.75, 3.05) is 0 Å². The normalized spacial score (nSPS) is 10.9. The van der Waals surface area contributed by atoms with Crippen molar-refractivity contribution in [1.29, 1.82) is 5.26 Å². The van der Waals surface area contributed by atoms with Crippen LogP contribution in [0.4, 0.5) is 0 Å². The van der Waals surface area contributed by atoms with Gasteiger partial charge in [0.1, 0.15) is 18.7 Å². The standard InChI is InChI=1S/C6H8N4.C6H6S/c1-2-6(3-7)10-5-8-4-9-10;7-6-4-2-1-3-5-6/h4-6H,2H2,1H3;1-5,7H. The molecule has 0 aliphatic carbocycles. The molecule has 1 atom stereocenters. The molecule has 0 spiro atoms. The summed E-state index contributed by atoms with van der Waals surface area (Å²) >= 11 is 4.08. The van der Waals surface area contributed by atoms with Gasteiger partial charge in [0.05, 0.1) is 6.07 Å². The number of nitriles is 1. The van der Waals surface area contributed by atoms with Gasteiger partial charge in [-0.25, -0.2) is 9.67 Å². The van der Waals surface area contributed by atoms with Crippen molar-refractivity contribution < 1.29 is 0 Å². The topological polar surface area (TPSA) is 54.5 Å². The molecule has 88 valence electrons. The van der Waals surface area contributed by atoms with Gasteiger partial charge in [-0.2, -0.15) is 10.4 Å². The van der Waals surface area contributed by atoms with E-state index in [-0.39, 0.29) is 6.04 Å². The van der Waals surface area contributed by atoms with Gasteiger partial charge in [-0.05, 0) is 18.6 Å². The second kappa shape index (κ2) is 7.47. The van der Waals surface area contributed by atoms with E-state index < -0.39 is 0 Å². The summed E-state index contributed by atoms with van der Waals surface area (Å²) in [6.07, 6.45) is 3.75. The molecule has 0 saturated carbocycles. The van der Waals surface area contributed by atoms with Crippen LogP contribution in [0.15, 0.2) is 47.9 Å². The van der Waals surface area contributed by atoms with Gasteiger partial charge in [0, 0.05) is 4.90 Å². The molecular weight excluding hydrogens is 232 g/mol. The molecule has 1 heterocycles. The Hall–Kier alpha value is -1.80. The Labute approximate surface area is 106 Å². The molecule has 0 amide bonds. The Balaban J connectivity index is 0.000000181. The van der Waals surface area contributed by atoms with E-state index in [9.17, 15) is 0 Å². The van der Waals surface area contributed by atoms with E-state index in [1.54, 1.807) is 11.0 Å². The highest BCUT2D eigenvalue weighted by Gasteiger charge is 2.04. The molecule has 0 fully saturated rings. The Morgan fingerprint density at radius 3 is 2.47 bits per heavy atom.